The summed E-state index contributed by atoms with van der Waals surface area (Å²) in [5.41, 5.74) is 2.92. The minimum Gasteiger partial charge on any atom is -0.370 e. The van der Waals surface area contributed by atoms with Crippen molar-refractivity contribution in [2.24, 2.45) is 0 Å². The van der Waals surface area contributed by atoms with Crippen molar-refractivity contribution in [3.05, 3.63) is 29.8 Å². The fourth-order valence-electron chi connectivity index (χ4n) is 4.08. The molecule has 1 aromatic carbocycles. The van der Waals surface area contributed by atoms with Crippen LogP contribution in [-0.4, -0.2) is 44.2 Å². The van der Waals surface area contributed by atoms with E-state index in [1.807, 2.05) is 0 Å². The number of nitrogens with zero attached hydrogens (tertiary/aromatic N) is 2. The Labute approximate surface area is 129 Å². The zero-order valence-electron chi connectivity index (χ0n) is 13.5. The average molecular weight is 287 g/mol. The molecule has 2 fully saturated rings. The third kappa shape index (κ3) is 3.09. The van der Waals surface area contributed by atoms with Crippen LogP contribution in [0, 0.1) is 0 Å². The number of hydrogen-bond donors (Lipinski definition) is 1. The molecule has 0 bridgehead atoms. The zero-order valence-corrected chi connectivity index (χ0v) is 13.5. The lowest BCUT2D eigenvalue weighted by atomic mass is 10.0. The highest BCUT2D eigenvalue weighted by Crippen LogP contribution is 2.31. The number of hydrogen-bond acceptors (Lipinski definition) is 3. The van der Waals surface area contributed by atoms with Gasteiger partial charge in [0.15, 0.2) is 0 Å². The highest BCUT2D eigenvalue weighted by atomic mass is 15.3. The minimum absolute atomic E-state index is 0.462. The van der Waals surface area contributed by atoms with Crippen LogP contribution in [-0.2, 0) is 0 Å². The van der Waals surface area contributed by atoms with Gasteiger partial charge in [0.25, 0.3) is 0 Å². The van der Waals surface area contributed by atoms with Crippen LogP contribution >= 0.6 is 0 Å². The van der Waals surface area contributed by atoms with Gasteiger partial charge in [-0.25, -0.2) is 0 Å². The Morgan fingerprint density at radius 1 is 1.19 bits per heavy atom. The predicted octanol–water partition coefficient (Wildman–Crippen LogP) is 3.03. The van der Waals surface area contributed by atoms with E-state index in [1.54, 1.807) is 0 Å². The van der Waals surface area contributed by atoms with Gasteiger partial charge in [-0.05, 0) is 50.9 Å². The van der Waals surface area contributed by atoms with Gasteiger partial charge in [-0.2, -0.15) is 0 Å². The second kappa shape index (κ2) is 6.80. The molecular weight excluding hydrogens is 258 g/mol. The number of anilines is 1. The molecule has 3 heteroatoms. The minimum atomic E-state index is 0.462. The van der Waals surface area contributed by atoms with Crippen LogP contribution in [0.25, 0.3) is 0 Å². The molecule has 1 N–H and O–H groups in total. The summed E-state index contributed by atoms with van der Waals surface area (Å²) in [6.07, 6.45) is 5.19. The first-order chi connectivity index (χ1) is 10.3. The first kappa shape index (κ1) is 14.9. The molecule has 0 spiro atoms. The van der Waals surface area contributed by atoms with Crippen molar-refractivity contribution in [2.75, 3.05) is 38.1 Å². The van der Waals surface area contributed by atoms with E-state index < -0.39 is 0 Å². The van der Waals surface area contributed by atoms with Crippen LogP contribution in [0.15, 0.2) is 24.3 Å². The third-order valence-corrected chi connectivity index (χ3v) is 5.21. The van der Waals surface area contributed by atoms with Gasteiger partial charge < -0.3 is 10.2 Å². The Balaban J connectivity index is 1.85. The van der Waals surface area contributed by atoms with E-state index in [4.69, 9.17) is 0 Å². The van der Waals surface area contributed by atoms with Gasteiger partial charge in [0.2, 0.25) is 0 Å². The van der Waals surface area contributed by atoms with Crippen molar-refractivity contribution in [3.63, 3.8) is 0 Å². The summed E-state index contributed by atoms with van der Waals surface area (Å²) < 4.78 is 0. The Morgan fingerprint density at radius 2 is 2.00 bits per heavy atom. The van der Waals surface area contributed by atoms with Crippen LogP contribution in [0.1, 0.15) is 44.2 Å². The molecule has 0 saturated carbocycles. The van der Waals surface area contributed by atoms with E-state index in [0.29, 0.717) is 6.04 Å². The Bertz CT molecular complexity index is 456. The van der Waals surface area contributed by atoms with E-state index in [2.05, 4.69) is 53.4 Å². The molecule has 2 aliphatic heterocycles. The van der Waals surface area contributed by atoms with Crippen molar-refractivity contribution < 1.29 is 0 Å². The van der Waals surface area contributed by atoms with Crippen molar-refractivity contribution in [3.8, 4) is 0 Å². The smallest absolute Gasteiger partial charge is 0.0415 e. The SMILES string of the molecule is CCC(NC)c1ccccc1N1CCCN2CCCC2C1. The summed E-state index contributed by atoms with van der Waals surface area (Å²) in [5.74, 6) is 0. The largest absolute Gasteiger partial charge is 0.370 e. The van der Waals surface area contributed by atoms with E-state index in [1.165, 1.54) is 56.7 Å². The van der Waals surface area contributed by atoms with Gasteiger partial charge in [0.05, 0.1) is 0 Å². The van der Waals surface area contributed by atoms with E-state index >= 15 is 0 Å². The average Bonchev–Trinajstić information content (AvgIpc) is 2.86. The topological polar surface area (TPSA) is 18.5 Å². The number of fused-ring (bicyclic) bond motifs is 1. The van der Waals surface area contributed by atoms with Gasteiger partial charge in [-0.15, -0.1) is 0 Å². The van der Waals surface area contributed by atoms with Gasteiger partial charge in [0.1, 0.15) is 0 Å². The van der Waals surface area contributed by atoms with Crippen LogP contribution < -0.4 is 10.2 Å². The van der Waals surface area contributed by atoms with Gasteiger partial charge in [-0.3, -0.25) is 4.90 Å². The van der Waals surface area contributed by atoms with Crippen LogP contribution in [0.3, 0.4) is 0 Å². The zero-order chi connectivity index (χ0) is 14.7. The summed E-state index contributed by atoms with van der Waals surface area (Å²) in [7, 11) is 2.08. The van der Waals surface area contributed by atoms with Gasteiger partial charge >= 0.3 is 0 Å². The normalized spacial score (nSPS) is 24.7. The number of para-hydroxylation sites is 1. The molecule has 2 aliphatic rings. The first-order valence-electron chi connectivity index (χ1n) is 8.58. The van der Waals surface area contributed by atoms with Crippen LogP contribution in [0.2, 0.25) is 0 Å². The molecule has 3 rings (SSSR count). The molecule has 116 valence electrons. The molecule has 2 unspecified atom stereocenters. The molecule has 0 amide bonds. The molecule has 2 saturated heterocycles. The lowest BCUT2D eigenvalue weighted by Gasteiger charge is -2.31. The fourth-order valence-corrected chi connectivity index (χ4v) is 4.08. The molecule has 0 aliphatic carbocycles. The summed E-state index contributed by atoms with van der Waals surface area (Å²) in [4.78, 5) is 5.35. The van der Waals surface area contributed by atoms with Crippen LogP contribution in [0.5, 0.6) is 0 Å². The standard InChI is InChI=1S/C18H29N3/c1-3-17(19-2)16-9-4-5-10-18(16)21-13-7-12-20-11-6-8-15(20)14-21/h4-5,9-10,15,17,19H,3,6-8,11-14H2,1-2H3. The molecule has 3 nitrogen and oxygen atoms in total. The highest BCUT2D eigenvalue weighted by molar-refractivity contribution is 5.55. The summed E-state index contributed by atoms with van der Waals surface area (Å²) in [6, 6.07) is 10.2. The third-order valence-electron chi connectivity index (χ3n) is 5.21. The van der Waals surface area contributed by atoms with Crippen LogP contribution in [0.4, 0.5) is 5.69 Å². The maximum atomic E-state index is 3.47. The predicted molar refractivity (Wildman–Crippen MR) is 90.0 cm³/mol. The molecule has 2 heterocycles. The van der Waals surface area contributed by atoms with Crippen molar-refractivity contribution in [1.82, 2.24) is 10.2 Å². The second-order valence-corrected chi connectivity index (χ2v) is 6.44. The van der Waals surface area contributed by atoms with Gasteiger partial charge in [-0.1, -0.05) is 25.1 Å². The first-order valence-corrected chi connectivity index (χ1v) is 8.58. The highest BCUT2D eigenvalue weighted by Gasteiger charge is 2.29. The van der Waals surface area contributed by atoms with Crippen molar-refractivity contribution >= 4 is 5.69 Å². The molecule has 21 heavy (non-hydrogen) atoms. The van der Waals surface area contributed by atoms with Crippen molar-refractivity contribution in [1.29, 1.82) is 0 Å². The Hall–Kier alpha value is -1.06. The van der Waals surface area contributed by atoms with E-state index in [9.17, 15) is 0 Å². The maximum Gasteiger partial charge on any atom is 0.0415 e. The fraction of sp³-hybridized carbons (Fsp3) is 0.667. The quantitative estimate of drug-likeness (QED) is 0.918. The molecule has 1 aromatic rings. The summed E-state index contributed by atoms with van der Waals surface area (Å²) in [5, 5.41) is 3.47. The van der Waals surface area contributed by atoms with Gasteiger partial charge in [0, 0.05) is 37.4 Å². The van der Waals surface area contributed by atoms with E-state index in [0.717, 1.165) is 12.5 Å². The molecule has 2 atom stereocenters. The Morgan fingerprint density at radius 3 is 2.81 bits per heavy atom. The number of nitrogens with one attached hydrogen (secondary N) is 1. The Kier molecular flexibility index (Phi) is 4.81. The van der Waals surface area contributed by atoms with E-state index in [-0.39, 0.29) is 0 Å². The second-order valence-electron chi connectivity index (χ2n) is 6.44. The molecular formula is C18H29N3. The maximum absolute atomic E-state index is 3.47. The lowest BCUT2D eigenvalue weighted by molar-refractivity contribution is 0.273. The molecule has 0 radical (unpaired) electrons. The molecule has 0 aromatic heterocycles. The number of rotatable bonds is 4. The lowest BCUT2D eigenvalue weighted by Crippen LogP contribution is -2.37. The number of benzene rings is 1. The summed E-state index contributed by atoms with van der Waals surface area (Å²) >= 11 is 0. The van der Waals surface area contributed by atoms with Crippen molar-refractivity contribution in [2.45, 2.75) is 44.7 Å². The monoisotopic (exact) mass is 287 g/mol. The summed E-state index contributed by atoms with van der Waals surface area (Å²) in [6.45, 7) is 7.27.